The topological polar surface area (TPSA) is 79.2 Å². The summed E-state index contributed by atoms with van der Waals surface area (Å²) in [6, 6.07) is 7.98. The molecular weight excluding hydrogens is 204 g/mol. The lowest BCUT2D eigenvalue weighted by atomic mass is 10.2. The van der Waals surface area contributed by atoms with Gasteiger partial charge in [-0.2, -0.15) is 13.7 Å². The molecule has 0 aliphatic rings. The van der Waals surface area contributed by atoms with E-state index in [2.05, 4.69) is 8.91 Å². The van der Waals surface area contributed by atoms with Crippen LogP contribution in [0.5, 0.6) is 0 Å². The molecule has 0 saturated heterocycles. The zero-order valence-corrected chi connectivity index (χ0v) is 8.21. The normalized spacial score (nSPS) is 10.6. The maximum Gasteiger partial charge on any atom is 0.359 e. The number of benzene rings is 1. The lowest BCUT2D eigenvalue weighted by molar-refractivity contribution is 0.402. The molecule has 0 spiro atoms. The highest BCUT2D eigenvalue weighted by Gasteiger charge is 2.07. The lowest BCUT2D eigenvalue weighted by Gasteiger charge is -2.04. The summed E-state index contributed by atoms with van der Waals surface area (Å²) >= 11 is 0. The van der Waals surface area contributed by atoms with E-state index in [4.69, 9.17) is 5.26 Å². The molecule has 0 atom stereocenters. The molecule has 1 N–H and O–H groups in total. The monoisotopic (exact) mass is 212 g/mol. The van der Waals surface area contributed by atoms with Crippen LogP contribution in [0, 0.1) is 11.3 Å². The van der Waals surface area contributed by atoms with E-state index >= 15 is 0 Å². The summed E-state index contributed by atoms with van der Waals surface area (Å²) in [5.74, 6) is 0. The fourth-order valence-electron chi connectivity index (χ4n) is 0.838. The van der Waals surface area contributed by atoms with Crippen LogP contribution < -0.4 is 4.72 Å². The van der Waals surface area contributed by atoms with Gasteiger partial charge in [0.05, 0.1) is 24.4 Å². The number of hydrogen-bond donors (Lipinski definition) is 1. The molecular formula is C8H8N2O3S. The van der Waals surface area contributed by atoms with E-state index in [1.54, 1.807) is 12.1 Å². The van der Waals surface area contributed by atoms with E-state index < -0.39 is 10.3 Å². The molecule has 0 aliphatic heterocycles. The maximum absolute atomic E-state index is 11.0. The number of nitrogens with one attached hydrogen (secondary N) is 1. The van der Waals surface area contributed by atoms with E-state index in [1.165, 1.54) is 12.1 Å². The molecule has 1 rings (SSSR count). The first-order chi connectivity index (χ1) is 6.57. The molecule has 14 heavy (non-hydrogen) atoms. The minimum atomic E-state index is -3.76. The van der Waals surface area contributed by atoms with Crippen LogP contribution in [0.15, 0.2) is 24.3 Å². The predicted molar refractivity (Wildman–Crippen MR) is 50.7 cm³/mol. The smallest absolute Gasteiger partial charge is 0.261 e. The van der Waals surface area contributed by atoms with E-state index in [-0.39, 0.29) is 0 Å². The number of nitrogens with zero attached hydrogens (tertiary/aromatic N) is 1. The number of nitriles is 1. The third kappa shape index (κ3) is 2.73. The quantitative estimate of drug-likeness (QED) is 0.805. The molecule has 0 radical (unpaired) electrons. The lowest BCUT2D eigenvalue weighted by Crippen LogP contribution is -2.13. The third-order valence-corrected chi connectivity index (χ3v) is 2.38. The first kappa shape index (κ1) is 10.5. The predicted octanol–water partition coefficient (Wildman–Crippen LogP) is 0.861. The van der Waals surface area contributed by atoms with Crippen molar-refractivity contribution in [3.05, 3.63) is 29.8 Å². The molecule has 74 valence electrons. The Balaban J connectivity index is 2.94. The van der Waals surface area contributed by atoms with E-state index in [1.807, 2.05) is 6.07 Å². The molecule has 0 bridgehead atoms. The van der Waals surface area contributed by atoms with Crippen molar-refractivity contribution in [3.63, 3.8) is 0 Å². The van der Waals surface area contributed by atoms with E-state index in [0.717, 1.165) is 7.11 Å². The second-order valence-electron chi connectivity index (χ2n) is 2.42. The minimum absolute atomic E-state index is 0.297. The molecule has 0 heterocycles. The number of anilines is 1. The fourth-order valence-corrected chi connectivity index (χ4v) is 1.34. The van der Waals surface area contributed by atoms with Crippen LogP contribution in [0.1, 0.15) is 5.56 Å². The van der Waals surface area contributed by atoms with E-state index in [0.29, 0.717) is 11.3 Å². The van der Waals surface area contributed by atoms with Crippen molar-refractivity contribution >= 4 is 16.0 Å². The highest BCUT2D eigenvalue weighted by Crippen LogP contribution is 2.11. The molecule has 1 aromatic rings. The first-order valence-corrected chi connectivity index (χ1v) is 5.07. The van der Waals surface area contributed by atoms with Crippen LogP contribution in [0.2, 0.25) is 0 Å². The average molecular weight is 212 g/mol. The summed E-state index contributed by atoms with van der Waals surface area (Å²) in [4.78, 5) is 0. The fraction of sp³-hybridized carbons (Fsp3) is 0.125. The van der Waals surface area contributed by atoms with Crippen LogP contribution in [0.3, 0.4) is 0 Å². The highest BCUT2D eigenvalue weighted by atomic mass is 32.2. The number of hydrogen-bond acceptors (Lipinski definition) is 4. The second kappa shape index (κ2) is 4.09. The molecule has 1 aromatic carbocycles. The Morgan fingerprint density at radius 3 is 2.79 bits per heavy atom. The van der Waals surface area contributed by atoms with Crippen LogP contribution in [-0.2, 0) is 14.5 Å². The molecule has 6 heteroatoms. The molecule has 0 aromatic heterocycles. The Morgan fingerprint density at radius 2 is 2.21 bits per heavy atom. The van der Waals surface area contributed by atoms with Gasteiger partial charge >= 0.3 is 10.3 Å². The molecule has 0 fully saturated rings. The number of rotatable bonds is 3. The van der Waals surface area contributed by atoms with Crippen molar-refractivity contribution in [2.75, 3.05) is 11.8 Å². The van der Waals surface area contributed by atoms with Gasteiger partial charge in [0.15, 0.2) is 0 Å². The van der Waals surface area contributed by atoms with Crippen molar-refractivity contribution in [1.29, 1.82) is 5.26 Å². The summed E-state index contributed by atoms with van der Waals surface area (Å²) in [5, 5.41) is 8.56. The third-order valence-electron chi connectivity index (χ3n) is 1.45. The van der Waals surface area contributed by atoms with Crippen LogP contribution in [-0.4, -0.2) is 15.5 Å². The largest absolute Gasteiger partial charge is 0.359 e. The highest BCUT2D eigenvalue weighted by molar-refractivity contribution is 7.88. The Kier molecular flexibility index (Phi) is 3.06. The van der Waals surface area contributed by atoms with Gasteiger partial charge in [-0.15, -0.1) is 0 Å². The van der Waals surface area contributed by atoms with Gasteiger partial charge in [-0.25, -0.2) is 0 Å². The van der Waals surface area contributed by atoms with Gasteiger partial charge in [-0.3, -0.25) is 8.91 Å². The van der Waals surface area contributed by atoms with Gasteiger partial charge in [0.25, 0.3) is 0 Å². The second-order valence-corrected chi connectivity index (χ2v) is 3.86. The van der Waals surface area contributed by atoms with Gasteiger partial charge in [0.1, 0.15) is 0 Å². The van der Waals surface area contributed by atoms with Crippen LogP contribution >= 0.6 is 0 Å². The molecule has 0 aliphatic carbocycles. The Labute approximate surface area is 82.2 Å². The van der Waals surface area contributed by atoms with Crippen molar-refractivity contribution in [1.82, 2.24) is 0 Å². The molecule has 0 saturated carbocycles. The van der Waals surface area contributed by atoms with Gasteiger partial charge < -0.3 is 0 Å². The van der Waals surface area contributed by atoms with Gasteiger partial charge in [0, 0.05) is 0 Å². The Morgan fingerprint density at radius 1 is 1.50 bits per heavy atom. The zero-order valence-electron chi connectivity index (χ0n) is 7.39. The molecule has 0 unspecified atom stereocenters. The Hall–Kier alpha value is -1.58. The van der Waals surface area contributed by atoms with Crippen LogP contribution in [0.25, 0.3) is 0 Å². The minimum Gasteiger partial charge on any atom is -0.261 e. The van der Waals surface area contributed by atoms with Crippen molar-refractivity contribution in [3.8, 4) is 6.07 Å². The summed E-state index contributed by atoms with van der Waals surface area (Å²) in [5.41, 5.74) is 0.673. The molecule has 0 amide bonds. The van der Waals surface area contributed by atoms with Crippen molar-refractivity contribution in [2.45, 2.75) is 0 Å². The van der Waals surface area contributed by atoms with Gasteiger partial charge in [0.2, 0.25) is 0 Å². The Bertz CT molecular complexity index is 462. The van der Waals surface area contributed by atoms with Crippen molar-refractivity contribution in [2.24, 2.45) is 0 Å². The average Bonchev–Trinajstić information content (AvgIpc) is 2.17. The summed E-state index contributed by atoms with van der Waals surface area (Å²) in [6.07, 6.45) is 0. The standard InChI is InChI=1S/C8H8N2O3S/c1-13-14(11,12)10-8-4-2-3-7(5-8)6-9/h2-5,10H,1H3. The summed E-state index contributed by atoms with van der Waals surface area (Å²) in [6.45, 7) is 0. The molecule has 5 nitrogen and oxygen atoms in total. The zero-order chi connectivity index (χ0) is 10.6. The van der Waals surface area contributed by atoms with Crippen LogP contribution in [0.4, 0.5) is 5.69 Å². The van der Waals surface area contributed by atoms with Gasteiger partial charge in [-0.05, 0) is 18.2 Å². The SMILES string of the molecule is COS(=O)(=O)Nc1cccc(C#N)c1. The first-order valence-electron chi connectivity index (χ1n) is 3.66. The van der Waals surface area contributed by atoms with Gasteiger partial charge in [-0.1, -0.05) is 6.07 Å². The summed E-state index contributed by atoms with van der Waals surface area (Å²) in [7, 11) is -2.70. The summed E-state index contributed by atoms with van der Waals surface area (Å²) < 4.78 is 28.2. The van der Waals surface area contributed by atoms with Crippen molar-refractivity contribution < 1.29 is 12.6 Å². The van der Waals surface area contributed by atoms with E-state index in [9.17, 15) is 8.42 Å². The maximum atomic E-state index is 11.0.